The molecule has 0 radical (unpaired) electrons. The molecule has 2 aromatic carbocycles. The molecule has 0 aromatic heterocycles. The van der Waals surface area contributed by atoms with Gasteiger partial charge in [0.1, 0.15) is 0 Å². The molecule has 142 valence electrons. The molecule has 0 aliphatic carbocycles. The first kappa shape index (κ1) is 20.6. The fraction of sp³-hybridized carbons (Fsp3) is 0.250. The summed E-state index contributed by atoms with van der Waals surface area (Å²) < 4.78 is 0.966. The standard InChI is InChI=1S/C20H22BrN3O3/c1-14-12-16(9-10-17(14)21)24-19(26)13-23-18(25)8-5-11-22-20(27)15-6-3-2-4-7-15/h2-4,6-7,9-10,12H,5,8,11,13H2,1H3,(H,22,27)(H,23,25)(H,24,26). The van der Waals surface area contributed by atoms with Crippen LogP contribution in [0.2, 0.25) is 0 Å². The van der Waals surface area contributed by atoms with Crippen molar-refractivity contribution in [2.24, 2.45) is 0 Å². The predicted octanol–water partition coefficient (Wildman–Crippen LogP) is 3.02. The summed E-state index contributed by atoms with van der Waals surface area (Å²) in [7, 11) is 0. The molecule has 0 unspecified atom stereocenters. The van der Waals surface area contributed by atoms with E-state index in [9.17, 15) is 14.4 Å². The van der Waals surface area contributed by atoms with Gasteiger partial charge in [0.05, 0.1) is 6.54 Å². The number of halogens is 1. The van der Waals surface area contributed by atoms with Gasteiger partial charge >= 0.3 is 0 Å². The van der Waals surface area contributed by atoms with Gasteiger partial charge in [0.15, 0.2) is 0 Å². The number of hydrogen-bond acceptors (Lipinski definition) is 3. The van der Waals surface area contributed by atoms with Crippen LogP contribution in [0.15, 0.2) is 53.0 Å². The zero-order valence-electron chi connectivity index (χ0n) is 15.0. The number of rotatable bonds is 8. The quantitative estimate of drug-likeness (QED) is 0.561. The zero-order chi connectivity index (χ0) is 19.6. The van der Waals surface area contributed by atoms with Gasteiger partial charge in [0, 0.05) is 28.7 Å². The molecule has 0 saturated carbocycles. The minimum Gasteiger partial charge on any atom is -0.352 e. The van der Waals surface area contributed by atoms with Crippen LogP contribution in [0.4, 0.5) is 5.69 Å². The van der Waals surface area contributed by atoms with Crippen LogP contribution in [-0.4, -0.2) is 30.8 Å². The van der Waals surface area contributed by atoms with Crippen LogP contribution in [0.25, 0.3) is 0 Å². The van der Waals surface area contributed by atoms with Crippen LogP contribution in [0.1, 0.15) is 28.8 Å². The molecular weight excluding hydrogens is 410 g/mol. The van der Waals surface area contributed by atoms with Crippen molar-refractivity contribution in [3.05, 3.63) is 64.1 Å². The Kier molecular flexibility index (Phi) is 8.00. The van der Waals surface area contributed by atoms with Gasteiger partial charge < -0.3 is 16.0 Å². The molecule has 0 atom stereocenters. The van der Waals surface area contributed by atoms with Gasteiger partial charge in [-0.1, -0.05) is 34.1 Å². The van der Waals surface area contributed by atoms with E-state index < -0.39 is 0 Å². The number of hydrogen-bond donors (Lipinski definition) is 3. The molecule has 27 heavy (non-hydrogen) atoms. The van der Waals surface area contributed by atoms with Crippen molar-refractivity contribution in [1.82, 2.24) is 10.6 Å². The number of aryl methyl sites for hydroxylation is 1. The van der Waals surface area contributed by atoms with Gasteiger partial charge in [-0.3, -0.25) is 14.4 Å². The average molecular weight is 432 g/mol. The van der Waals surface area contributed by atoms with Crippen molar-refractivity contribution in [2.75, 3.05) is 18.4 Å². The van der Waals surface area contributed by atoms with E-state index in [1.54, 1.807) is 30.3 Å². The highest BCUT2D eigenvalue weighted by Gasteiger charge is 2.08. The average Bonchev–Trinajstić information content (AvgIpc) is 2.67. The summed E-state index contributed by atoms with van der Waals surface area (Å²) in [5.41, 5.74) is 2.27. The zero-order valence-corrected chi connectivity index (χ0v) is 16.6. The van der Waals surface area contributed by atoms with Crippen molar-refractivity contribution in [3.8, 4) is 0 Å². The number of benzene rings is 2. The summed E-state index contributed by atoms with van der Waals surface area (Å²) in [5, 5.41) is 8.07. The first-order valence-electron chi connectivity index (χ1n) is 8.61. The smallest absolute Gasteiger partial charge is 0.251 e. The van der Waals surface area contributed by atoms with Gasteiger partial charge in [-0.05, 0) is 49.2 Å². The third-order valence-corrected chi connectivity index (χ3v) is 4.68. The Balaban J connectivity index is 1.62. The van der Waals surface area contributed by atoms with Gasteiger partial charge in [-0.15, -0.1) is 0 Å². The number of carbonyl (C=O) groups is 3. The minimum atomic E-state index is -0.289. The van der Waals surface area contributed by atoms with Crippen molar-refractivity contribution < 1.29 is 14.4 Å². The maximum absolute atomic E-state index is 11.9. The number of anilines is 1. The predicted molar refractivity (Wildman–Crippen MR) is 109 cm³/mol. The first-order valence-corrected chi connectivity index (χ1v) is 9.41. The Morgan fingerprint density at radius 3 is 2.41 bits per heavy atom. The molecule has 6 nitrogen and oxygen atoms in total. The lowest BCUT2D eigenvalue weighted by atomic mass is 10.2. The Morgan fingerprint density at radius 1 is 0.963 bits per heavy atom. The molecule has 0 aliphatic heterocycles. The molecule has 0 saturated heterocycles. The van der Waals surface area contributed by atoms with Crippen molar-refractivity contribution >= 4 is 39.3 Å². The van der Waals surface area contributed by atoms with E-state index in [4.69, 9.17) is 0 Å². The topological polar surface area (TPSA) is 87.3 Å². The second-order valence-electron chi connectivity index (χ2n) is 6.01. The Bertz CT molecular complexity index is 809. The van der Waals surface area contributed by atoms with Gasteiger partial charge in [0.25, 0.3) is 5.91 Å². The van der Waals surface area contributed by atoms with E-state index >= 15 is 0 Å². The monoisotopic (exact) mass is 431 g/mol. The molecule has 0 aliphatic rings. The summed E-state index contributed by atoms with van der Waals surface area (Å²) in [6, 6.07) is 14.4. The van der Waals surface area contributed by atoms with Crippen LogP contribution >= 0.6 is 15.9 Å². The van der Waals surface area contributed by atoms with Crippen LogP contribution in [0.3, 0.4) is 0 Å². The molecule has 2 aromatic rings. The van der Waals surface area contributed by atoms with E-state index in [1.807, 2.05) is 25.1 Å². The van der Waals surface area contributed by atoms with E-state index in [2.05, 4.69) is 31.9 Å². The molecule has 3 N–H and O–H groups in total. The summed E-state index contributed by atoms with van der Waals surface area (Å²) >= 11 is 3.40. The second-order valence-corrected chi connectivity index (χ2v) is 6.87. The first-order chi connectivity index (χ1) is 13.0. The van der Waals surface area contributed by atoms with Crippen molar-refractivity contribution in [2.45, 2.75) is 19.8 Å². The number of amides is 3. The molecular formula is C20H22BrN3O3. The summed E-state index contributed by atoms with van der Waals surface area (Å²) in [4.78, 5) is 35.6. The molecule has 0 bridgehead atoms. The molecule has 0 heterocycles. The molecule has 3 amide bonds. The molecule has 0 spiro atoms. The molecule has 2 rings (SSSR count). The highest BCUT2D eigenvalue weighted by Crippen LogP contribution is 2.19. The van der Waals surface area contributed by atoms with Crippen LogP contribution < -0.4 is 16.0 Å². The van der Waals surface area contributed by atoms with Crippen molar-refractivity contribution in [1.29, 1.82) is 0 Å². The SMILES string of the molecule is Cc1cc(NC(=O)CNC(=O)CCCNC(=O)c2ccccc2)ccc1Br. The maximum atomic E-state index is 11.9. The normalized spacial score (nSPS) is 10.1. The summed E-state index contributed by atoms with van der Waals surface area (Å²) in [5.74, 6) is -0.686. The lowest BCUT2D eigenvalue weighted by Gasteiger charge is -2.09. The number of carbonyl (C=O) groups excluding carboxylic acids is 3. The minimum absolute atomic E-state index is 0.0929. The van der Waals surface area contributed by atoms with Gasteiger partial charge in [-0.2, -0.15) is 0 Å². The third-order valence-electron chi connectivity index (χ3n) is 3.79. The summed E-state index contributed by atoms with van der Waals surface area (Å²) in [6.07, 6.45) is 0.734. The van der Waals surface area contributed by atoms with Crippen LogP contribution in [-0.2, 0) is 9.59 Å². The van der Waals surface area contributed by atoms with E-state index in [-0.39, 0.29) is 30.7 Å². The van der Waals surface area contributed by atoms with Gasteiger partial charge in [0.2, 0.25) is 11.8 Å². The van der Waals surface area contributed by atoms with E-state index in [1.165, 1.54) is 0 Å². The number of nitrogens with one attached hydrogen (secondary N) is 3. The third kappa shape index (κ3) is 7.22. The van der Waals surface area contributed by atoms with E-state index in [0.717, 1.165) is 10.0 Å². The second kappa shape index (κ2) is 10.5. The fourth-order valence-electron chi connectivity index (χ4n) is 2.34. The molecule has 0 fully saturated rings. The molecule has 7 heteroatoms. The van der Waals surface area contributed by atoms with Crippen LogP contribution in [0.5, 0.6) is 0 Å². The lowest BCUT2D eigenvalue weighted by molar-refractivity contribution is -0.124. The largest absolute Gasteiger partial charge is 0.352 e. The van der Waals surface area contributed by atoms with Crippen molar-refractivity contribution in [3.63, 3.8) is 0 Å². The highest BCUT2D eigenvalue weighted by atomic mass is 79.9. The Hall–Kier alpha value is -2.67. The van der Waals surface area contributed by atoms with Crippen LogP contribution in [0, 0.1) is 6.92 Å². The fourth-order valence-corrected chi connectivity index (χ4v) is 2.58. The Labute approximate surface area is 166 Å². The lowest BCUT2D eigenvalue weighted by Crippen LogP contribution is -2.33. The highest BCUT2D eigenvalue weighted by molar-refractivity contribution is 9.10. The Morgan fingerprint density at radius 2 is 1.70 bits per heavy atom. The van der Waals surface area contributed by atoms with Gasteiger partial charge in [-0.25, -0.2) is 0 Å². The maximum Gasteiger partial charge on any atom is 0.251 e. The summed E-state index contributed by atoms with van der Waals surface area (Å²) in [6.45, 7) is 2.23. The van der Waals surface area contributed by atoms with E-state index in [0.29, 0.717) is 24.2 Å².